The van der Waals surface area contributed by atoms with Gasteiger partial charge in [0.05, 0.1) is 11.6 Å². The Hall–Kier alpha value is -1.79. The molecule has 1 heterocycles. The fraction of sp³-hybridized carbons (Fsp3) is 0.524. The molecule has 27 heavy (non-hydrogen) atoms. The van der Waals surface area contributed by atoms with Crippen LogP contribution in [0.2, 0.25) is 0 Å². The fourth-order valence-corrected chi connectivity index (χ4v) is 4.06. The zero-order chi connectivity index (χ0) is 19.8. The van der Waals surface area contributed by atoms with E-state index in [2.05, 4.69) is 49.6 Å². The van der Waals surface area contributed by atoms with E-state index in [-0.39, 0.29) is 11.1 Å². The molecule has 148 valence electrons. The standard InChI is InChI=1S/C21H31N3O2S/c1-5-13-22(14-6-2)16-24-20(25)19(27-21(24)26)15-17-9-11-18(12-10-17)23(7-3)8-4/h9-12,15H,5-8,13-14,16H2,1-4H3/b19-15+. The molecule has 1 aliphatic rings. The topological polar surface area (TPSA) is 43.9 Å². The van der Waals surface area contributed by atoms with Gasteiger partial charge in [0.1, 0.15) is 0 Å². The third-order valence-corrected chi connectivity index (χ3v) is 5.52. The number of benzene rings is 1. The molecule has 1 saturated heterocycles. The molecule has 0 atom stereocenters. The van der Waals surface area contributed by atoms with E-state index >= 15 is 0 Å². The first-order valence-electron chi connectivity index (χ1n) is 9.86. The summed E-state index contributed by atoms with van der Waals surface area (Å²) >= 11 is 1.04. The quantitative estimate of drug-likeness (QED) is 0.545. The van der Waals surface area contributed by atoms with Gasteiger partial charge in [-0.3, -0.25) is 19.4 Å². The van der Waals surface area contributed by atoms with Gasteiger partial charge < -0.3 is 4.90 Å². The van der Waals surface area contributed by atoms with Crippen LogP contribution in [0.5, 0.6) is 0 Å². The summed E-state index contributed by atoms with van der Waals surface area (Å²) in [5.74, 6) is -0.185. The van der Waals surface area contributed by atoms with Crippen LogP contribution in [0, 0.1) is 0 Å². The van der Waals surface area contributed by atoms with Crippen molar-refractivity contribution in [3.8, 4) is 0 Å². The number of anilines is 1. The summed E-state index contributed by atoms with van der Waals surface area (Å²) in [7, 11) is 0. The van der Waals surface area contributed by atoms with E-state index in [0.717, 1.165) is 56.3 Å². The first kappa shape index (κ1) is 21.5. The minimum atomic E-state index is -0.185. The Morgan fingerprint density at radius 2 is 1.56 bits per heavy atom. The Balaban J connectivity index is 2.11. The Bertz CT molecular complexity index is 663. The molecule has 0 unspecified atom stereocenters. The van der Waals surface area contributed by atoms with Gasteiger partial charge in [-0.25, -0.2) is 0 Å². The van der Waals surface area contributed by atoms with Gasteiger partial charge in [-0.1, -0.05) is 26.0 Å². The van der Waals surface area contributed by atoms with E-state index < -0.39 is 0 Å². The second-order valence-corrected chi connectivity index (χ2v) is 7.63. The van der Waals surface area contributed by atoms with Gasteiger partial charge in [-0.2, -0.15) is 0 Å². The van der Waals surface area contributed by atoms with Gasteiger partial charge in [-0.15, -0.1) is 0 Å². The Labute approximate surface area is 167 Å². The van der Waals surface area contributed by atoms with Gasteiger partial charge in [0.2, 0.25) is 0 Å². The summed E-state index contributed by atoms with van der Waals surface area (Å²) in [6.07, 6.45) is 3.83. The molecule has 1 aromatic carbocycles. The van der Waals surface area contributed by atoms with Crippen molar-refractivity contribution in [3.05, 3.63) is 34.7 Å². The number of thioether (sulfide) groups is 1. The monoisotopic (exact) mass is 389 g/mol. The Kier molecular flexibility index (Phi) is 8.38. The minimum absolute atomic E-state index is 0.178. The summed E-state index contributed by atoms with van der Waals surface area (Å²) in [5, 5.41) is -0.178. The first-order valence-corrected chi connectivity index (χ1v) is 10.7. The largest absolute Gasteiger partial charge is 0.372 e. The van der Waals surface area contributed by atoms with E-state index in [9.17, 15) is 9.59 Å². The normalized spacial score (nSPS) is 16.0. The van der Waals surface area contributed by atoms with E-state index in [0.29, 0.717) is 11.6 Å². The lowest BCUT2D eigenvalue weighted by Crippen LogP contribution is -2.41. The van der Waals surface area contributed by atoms with Crippen LogP contribution >= 0.6 is 11.8 Å². The fourth-order valence-electron chi connectivity index (χ4n) is 3.23. The second-order valence-electron chi connectivity index (χ2n) is 6.63. The van der Waals surface area contributed by atoms with Crippen molar-refractivity contribution in [1.29, 1.82) is 0 Å². The summed E-state index contributed by atoms with van der Waals surface area (Å²) in [4.78, 5) is 31.4. The van der Waals surface area contributed by atoms with Crippen LogP contribution in [0.1, 0.15) is 46.1 Å². The maximum absolute atomic E-state index is 12.7. The average Bonchev–Trinajstić information content (AvgIpc) is 2.92. The third-order valence-electron chi connectivity index (χ3n) is 4.61. The highest BCUT2D eigenvalue weighted by atomic mass is 32.2. The summed E-state index contributed by atoms with van der Waals surface area (Å²) < 4.78 is 0. The maximum Gasteiger partial charge on any atom is 0.294 e. The van der Waals surface area contributed by atoms with Crippen LogP contribution in [0.25, 0.3) is 6.08 Å². The van der Waals surface area contributed by atoms with E-state index in [1.807, 2.05) is 18.2 Å². The number of hydrogen-bond donors (Lipinski definition) is 0. The van der Waals surface area contributed by atoms with Crippen molar-refractivity contribution in [3.63, 3.8) is 0 Å². The lowest BCUT2D eigenvalue weighted by molar-refractivity contribution is -0.124. The maximum atomic E-state index is 12.7. The second kappa shape index (κ2) is 10.5. The molecular formula is C21H31N3O2S. The van der Waals surface area contributed by atoms with E-state index in [4.69, 9.17) is 0 Å². The van der Waals surface area contributed by atoms with Crippen LogP contribution in [0.3, 0.4) is 0 Å². The summed E-state index contributed by atoms with van der Waals surface area (Å²) in [6.45, 7) is 12.6. The van der Waals surface area contributed by atoms with Crippen LogP contribution in [0.4, 0.5) is 10.5 Å². The van der Waals surface area contributed by atoms with Crippen molar-refractivity contribution in [2.24, 2.45) is 0 Å². The van der Waals surface area contributed by atoms with Crippen molar-refractivity contribution >= 4 is 34.7 Å². The summed E-state index contributed by atoms with van der Waals surface area (Å²) in [6, 6.07) is 8.13. The molecule has 1 aromatic rings. The Morgan fingerprint density at radius 1 is 0.963 bits per heavy atom. The molecule has 0 aliphatic carbocycles. The molecule has 0 aromatic heterocycles. The molecule has 0 radical (unpaired) electrons. The number of nitrogens with zero attached hydrogens (tertiary/aromatic N) is 3. The Morgan fingerprint density at radius 3 is 2.07 bits per heavy atom. The SMILES string of the molecule is CCCN(CCC)CN1C(=O)S/C(=C/c2ccc(N(CC)CC)cc2)C1=O. The number of carbonyl (C=O) groups is 2. The van der Waals surface area contributed by atoms with Crippen LogP contribution < -0.4 is 4.90 Å². The molecule has 0 spiro atoms. The molecule has 5 nitrogen and oxygen atoms in total. The lowest BCUT2D eigenvalue weighted by atomic mass is 10.1. The minimum Gasteiger partial charge on any atom is -0.372 e. The third kappa shape index (κ3) is 5.59. The zero-order valence-corrected chi connectivity index (χ0v) is 17.7. The average molecular weight is 390 g/mol. The van der Waals surface area contributed by atoms with Crippen molar-refractivity contribution < 1.29 is 9.59 Å². The van der Waals surface area contributed by atoms with Gasteiger partial charge in [0.25, 0.3) is 11.1 Å². The molecule has 0 saturated carbocycles. The van der Waals surface area contributed by atoms with Crippen LogP contribution in [0.15, 0.2) is 29.2 Å². The van der Waals surface area contributed by atoms with E-state index in [1.165, 1.54) is 10.6 Å². The highest BCUT2D eigenvalue weighted by Crippen LogP contribution is 2.32. The molecule has 2 rings (SSSR count). The summed E-state index contributed by atoms with van der Waals surface area (Å²) in [5.41, 5.74) is 2.11. The van der Waals surface area contributed by atoms with Crippen LogP contribution in [-0.2, 0) is 4.79 Å². The molecule has 2 amide bonds. The zero-order valence-electron chi connectivity index (χ0n) is 16.9. The molecule has 0 bridgehead atoms. The van der Waals surface area contributed by atoms with E-state index in [1.54, 1.807) is 0 Å². The predicted octanol–water partition coefficient (Wildman–Crippen LogP) is 4.65. The van der Waals surface area contributed by atoms with Gasteiger partial charge >= 0.3 is 0 Å². The molecule has 6 heteroatoms. The number of imide groups is 1. The number of hydrogen-bond acceptors (Lipinski definition) is 5. The van der Waals surface area contributed by atoms with Crippen molar-refractivity contribution in [2.75, 3.05) is 37.7 Å². The van der Waals surface area contributed by atoms with Gasteiger partial charge in [0.15, 0.2) is 0 Å². The smallest absolute Gasteiger partial charge is 0.294 e. The van der Waals surface area contributed by atoms with Crippen LogP contribution in [-0.4, -0.2) is 53.8 Å². The molecule has 1 fully saturated rings. The van der Waals surface area contributed by atoms with Gasteiger partial charge in [-0.05, 0) is 75.3 Å². The molecule has 0 N–H and O–H groups in total. The van der Waals surface area contributed by atoms with Gasteiger partial charge in [0, 0.05) is 18.8 Å². The molecule has 1 aliphatic heterocycles. The lowest BCUT2D eigenvalue weighted by Gasteiger charge is -2.25. The number of rotatable bonds is 10. The number of amides is 2. The van der Waals surface area contributed by atoms with Crippen molar-refractivity contribution in [1.82, 2.24) is 9.80 Å². The predicted molar refractivity (Wildman–Crippen MR) is 115 cm³/mol. The van der Waals surface area contributed by atoms with Crippen molar-refractivity contribution in [2.45, 2.75) is 40.5 Å². The first-order chi connectivity index (χ1) is 13.0. The number of carbonyl (C=O) groups excluding carboxylic acids is 2. The highest BCUT2D eigenvalue weighted by Gasteiger charge is 2.35. The molecular weight excluding hydrogens is 358 g/mol. The highest BCUT2D eigenvalue weighted by molar-refractivity contribution is 8.18.